The van der Waals surface area contributed by atoms with Crippen molar-refractivity contribution in [3.8, 4) is 28.2 Å². The molecule has 11 aromatic rings. The van der Waals surface area contributed by atoms with Gasteiger partial charge < -0.3 is 13.7 Å². The van der Waals surface area contributed by atoms with Crippen LogP contribution in [0, 0.1) is 0 Å². The van der Waals surface area contributed by atoms with Crippen molar-refractivity contribution in [3.05, 3.63) is 188 Å². The molecule has 3 heteroatoms. The Morgan fingerprint density at radius 3 is 1.29 bits per heavy atom. The van der Waals surface area contributed by atoms with E-state index in [1.54, 1.807) is 0 Å². The van der Waals surface area contributed by atoms with Crippen LogP contribution in [0.2, 0.25) is 0 Å². The van der Waals surface area contributed by atoms with E-state index in [-0.39, 0.29) is 0 Å². The fourth-order valence-electron chi connectivity index (χ4n) is 8.47. The van der Waals surface area contributed by atoms with Crippen LogP contribution in [0.15, 0.2) is 188 Å². The van der Waals surface area contributed by atoms with Crippen LogP contribution in [-0.4, -0.2) is 13.7 Å². The molecule has 0 aliphatic carbocycles. The van der Waals surface area contributed by atoms with Gasteiger partial charge in [-0.3, -0.25) is 0 Å². The number of fused-ring (bicyclic) bond motifs is 9. The number of para-hydroxylation sites is 5. The minimum Gasteiger partial charge on any atom is -0.309 e. The van der Waals surface area contributed by atoms with Crippen LogP contribution in [0.4, 0.5) is 0 Å². The van der Waals surface area contributed by atoms with Crippen LogP contribution < -0.4 is 0 Å². The minimum absolute atomic E-state index is 1.14. The van der Waals surface area contributed by atoms with Crippen molar-refractivity contribution in [1.82, 2.24) is 13.7 Å². The zero-order valence-corrected chi connectivity index (χ0v) is 27.7. The third-order valence-corrected chi connectivity index (χ3v) is 10.6. The van der Waals surface area contributed by atoms with Gasteiger partial charge in [0.05, 0.1) is 33.1 Å². The maximum Gasteiger partial charge on any atom is 0.0619 e. The van der Waals surface area contributed by atoms with Crippen molar-refractivity contribution >= 4 is 65.4 Å². The van der Waals surface area contributed by atoms with Crippen molar-refractivity contribution in [3.63, 3.8) is 0 Å². The van der Waals surface area contributed by atoms with Gasteiger partial charge >= 0.3 is 0 Å². The monoisotopic (exact) mass is 649 g/mol. The topological polar surface area (TPSA) is 14.8 Å². The Morgan fingerprint density at radius 2 is 0.686 bits per heavy atom. The lowest BCUT2D eigenvalue weighted by atomic mass is 10.0. The van der Waals surface area contributed by atoms with Gasteiger partial charge in [-0.2, -0.15) is 0 Å². The summed E-state index contributed by atoms with van der Waals surface area (Å²) in [5.74, 6) is 0. The molecule has 0 fully saturated rings. The molecule has 0 unspecified atom stereocenters. The summed E-state index contributed by atoms with van der Waals surface area (Å²) in [4.78, 5) is 0. The van der Waals surface area contributed by atoms with Crippen LogP contribution >= 0.6 is 0 Å². The summed E-state index contributed by atoms with van der Waals surface area (Å²) < 4.78 is 7.29. The molecule has 238 valence electrons. The number of hydrogen-bond acceptors (Lipinski definition) is 0. The number of aromatic nitrogens is 3. The molecule has 0 radical (unpaired) electrons. The quantitative estimate of drug-likeness (QED) is 0.180. The van der Waals surface area contributed by atoms with Gasteiger partial charge in [-0.05, 0) is 72.3 Å². The molecule has 3 aromatic heterocycles. The molecule has 0 saturated carbocycles. The highest BCUT2D eigenvalue weighted by Gasteiger charge is 2.20. The molecule has 11 rings (SSSR count). The minimum atomic E-state index is 1.14. The van der Waals surface area contributed by atoms with Gasteiger partial charge in [0.2, 0.25) is 0 Å². The van der Waals surface area contributed by atoms with E-state index >= 15 is 0 Å². The molecule has 0 spiro atoms. The molecule has 0 bridgehead atoms. The average molecular weight is 650 g/mol. The standard InChI is InChI=1S/C48H31N3/c1-3-14-32(15-4-1)36-21-13-22-40-39-20-9-12-25-45(39)51(48(36)40)35-27-29-47-42(31-35)41-30-34(26-28-46(41)49(47)33-16-5-2-6-17-33)50-43-23-10-7-18-37(43)38-19-8-11-24-44(38)50/h1-31H. The van der Waals surface area contributed by atoms with Crippen molar-refractivity contribution in [2.75, 3.05) is 0 Å². The fraction of sp³-hybridized carbons (Fsp3) is 0. The molecule has 0 amide bonds. The second-order valence-corrected chi connectivity index (χ2v) is 13.4. The van der Waals surface area contributed by atoms with Crippen LogP contribution in [0.3, 0.4) is 0 Å². The number of rotatable bonds is 4. The van der Waals surface area contributed by atoms with E-state index in [1.807, 2.05) is 0 Å². The van der Waals surface area contributed by atoms with Gasteiger partial charge in [-0.1, -0.05) is 121 Å². The first-order valence-electron chi connectivity index (χ1n) is 17.5. The molecule has 0 atom stereocenters. The molecule has 3 nitrogen and oxygen atoms in total. The van der Waals surface area contributed by atoms with E-state index in [2.05, 4.69) is 202 Å². The summed E-state index contributed by atoms with van der Waals surface area (Å²) in [6.45, 7) is 0. The first-order valence-corrected chi connectivity index (χ1v) is 17.5. The summed E-state index contributed by atoms with van der Waals surface area (Å²) in [5, 5.41) is 7.49. The van der Waals surface area contributed by atoms with Gasteiger partial charge in [-0.25, -0.2) is 0 Å². The predicted octanol–water partition coefficient (Wildman–Crippen LogP) is 12.6. The molecule has 0 N–H and O–H groups in total. The van der Waals surface area contributed by atoms with Crippen molar-refractivity contribution in [2.45, 2.75) is 0 Å². The van der Waals surface area contributed by atoms with Crippen LogP contribution in [0.25, 0.3) is 93.6 Å². The summed E-state index contributed by atoms with van der Waals surface area (Å²) in [6.07, 6.45) is 0. The second kappa shape index (κ2) is 10.8. The van der Waals surface area contributed by atoms with Crippen molar-refractivity contribution in [2.24, 2.45) is 0 Å². The predicted molar refractivity (Wildman–Crippen MR) is 215 cm³/mol. The summed E-state index contributed by atoms with van der Waals surface area (Å²) in [7, 11) is 0. The van der Waals surface area contributed by atoms with Gasteiger partial charge in [-0.15, -0.1) is 0 Å². The molecule has 0 saturated heterocycles. The number of nitrogens with zero attached hydrogens (tertiary/aromatic N) is 3. The van der Waals surface area contributed by atoms with E-state index in [9.17, 15) is 0 Å². The number of hydrogen-bond donors (Lipinski definition) is 0. The summed E-state index contributed by atoms with van der Waals surface area (Å²) in [5.41, 5.74) is 13.1. The first kappa shape index (κ1) is 28.0. The maximum absolute atomic E-state index is 2.47. The highest BCUT2D eigenvalue weighted by molar-refractivity contribution is 6.16. The molecule has 51 heavy (non-hydrogen) atoms. The van der Waals surface area contributed by atoms with Crippen molar-refractivity contribution < 1.29 is 0 Å². The van der Waals surface area contributed by atoms with E-state index in [1.165, 1.54) is 76.5 Å². The van der Waals surface area contributed by atoms with Crippen LogP contribution in [-0.2, 0) is 0 Å². The Bertz CT molecular complexity index is 3070. The number of benzene rings is 8. The smallest absolute Gasteiger partial charge is 0.0619 e. The third-order valence-electron chi connectivity index (χ3n) is 10.6. The molecule has 0 aliphatic rings. The Balaban J connectivity index is 1.24. The molecule has 0 aliphatic heterocycles. The Hall–Kier alpha value is -6.84. The van der Waals surface area contributed by atoms with Crippen LogP contribution in [0.5, 0.6) is 0 Å². The van der Waals surface area contributed by atoms with Crippen LogP contribution in [0.1, 0.15) is 0 Å². The zero-order valence-electron chi connectivity index (χ0n) is 27.7. The largest absolute Gasteiger partial charge is 0.309 e. The van der Waals surface area contributed by atoms with Gasteiger partial charge in [0.25, 0.3) is 0 Å². The lowest BCUT2D eigenvalue weighted by Gasteiger charge is -2.13. The SMILES string of the molecule is c1ccc(-c2cccc3c4ccccc4n(-c4ccc5c(c4)c4cc(-n6c7ccccc7c7ccccc76)ccc4n5-c4ccccc4)c23)cc1. The third kappa shape index (κ3) is 4.06. The molecule has 3 heterocycles. The van der Waals surface area contributed by atoms with E-state index in [0.717, 1.165) is 17.1 Å². The molecular weight excluding hydrogens is 619 g/mol. The van der Waals surface area contributed by atoms with Gasteiger partial charge in [0.1, 0.15) is 0 Å². The first-order chi connectivity index (χ1) is 25.3. The Labute approximate surface area is 294 Å². The normalized spacial score (nSPS) is 11.9. The fourth-order valence-corrected chi connectivity index (χ4v) is 8.47. The summed E-state index contributed by atoms with van der Waals surface area (Å²) in [6, 6.07) is 68.4. The lowest BCUT2D eigenvalue weighted by molar-refractivity contribution is 1.16. The zero-order chi connectivity index (χ0) is 33.5. The Kier molecular flexibility index (Phi) is 5.96. The van der Waals surface area contributed by atoms with E-state index in [0.29, 0.717) is 0 Å². The highest BCUT2D eigenvalue weighted by atomic mass is 15.0. The maximum atomic E-state index is 2.47. The lowest BCUT2D eigenvalue weighted by Crippen LogP contribution is -1.97. The van der Waals surface area contributed by atoms with E-state index in [4.69, 9.17) is 0 Å². The van der Waals surface area contributed by atoms with Gasteiger partial charge in [0.15, 0.2) is 0 Å². The van der Waals surface area contributed by atoms with Crippen molar-refractivity contribution in [1.29, 1.82) is 0 Å². The average Bonchev–Trinajstić information content (AvgIpc) is 3.84. The van der Waals surface area contributed by atoms with E-state index < -0.39 is 0 Å². The highest BCUT2D eigenvalue weighted by Crippen LogP contribution is 2.41. The van der Waals surface area contributed by atoms with Gasteiger partial charge in [0, 0.05) is 54.9 Å². The Morgan fingerprint density at radius 1 is 0.255 bits per heavy atom. The summed E-state index contributed by atoms with van der Waals surface area (Å²) >= 11 is 0. The molecule has 8 aromatic carbocycles. The molecular formula is C48H31N3. The second-order valence-electron chi connectivity index (χ2n) is 13.4.